The molecule has 3 aromatic carbocycles. The summed E-state index contributed by atoms with van der Waals surface area (Å²) in [6.07, 6.45) is 6.42. The van der Waals surface area contributed by atoms with Gasteiger partial charge in [-0.2, -0.15) is 0 Å². The van der Waals surface area contributed by atoms with Crippen molar-refractivity contribution in [1.82, 2.24) is 19.8 Å². The highest BCUT2D eigenvalue weighted by atomic mass is 16.6. The molecule has 2 aliphatic rings. The molecule has 9 nitrogen and oxygen atoms in total. The molecule has 226 valence electrons. The zero-order chi connectivity index (χ0) is 30.5. The van der Waals surface area contributed by atoms with E-state index in [1.165, 1.54) is 0 Å². The van der Waals surface area contributed by atoms with Crippen LogP contribution in [0.2, 0.25) is 0 Å². The second kappa shape index (κ2) is 13.2. The first-order chi connectivity index (χ1) is 21.5. The van der Waals surface area contributed by atoms with Gasteiger partial charge in [0.15, 0.2) is 5.82 Å². The van der Waals surface area contributed by atoms with Crippen molar-refractivity contribution in [3.63, 3.8) is 0 Å². The Kier molecular flexibility index (Phi) is 8.72. The first-order valence-corrected chi connectivity index (χ1v) is 15.2. The largest absolute Gasteiger partial charge is 0.445 e. The van der Waals surface area contributed by atoms with E-state index >= 15 is 0 Å². The summed E-state index contributed by atoms with van der Waals surface area (Å²) in [5.41, 5.74) is 3.74. The van der Waals surface area contributed by atoms with Crippen LogP contribution in [0, 0.1) is 12.8 Å². The fourth-order valence-electron chi connectivity index (χ4n) is 5.71. The van der Waals surface area contributed by atoms with Gasteiger partial charge in [0.1, 0.15) is 6.61 Å². The van der Waals surface area contributed by atoms with Crippen molar-refractivity contribution in [2.45, 2.75) is 51.3 Å². The molecule has 1 aliphatic carbocycles. The Morgan fingerprint density at radius 3 is 2.36 bits per heavy atom. The maximum absolute atomic E-state index is 13.8. The number of amides is 2. The van der Waals surface area contributed by atoms with E-state index in [-0.39, 0.29) is 48.0 Å². The Morgan fingerprint density at radius 2 is 1.66 bits per heavy atom. The molecule has 9 heteroatoms. The smallest absolute Gasteiger partial charge is 0.410 e. The van der Waals surface area contributed by atoms with Crippen LogP contribution in [0.3, 0.4) is 0 Å². The summed E-state index contributed by atoms with van der Waals surface area (Å²) < 4.78 is 7.11. The van der Waals surface area contributed by atoms with Crippen molar-refractivity contribution in [1.29, 1.82) is 0 Å². The molecule has 1 saturated carbocycles. The van der Waals surface area contributed by atoms with Gasteiger partial charge in [-0.05, 0) is 67.3 Å². The molecule has 2 heterocycles. The molecular formula is C35H37N5O4. The molecule has 0 spiro atoms. The number of aromatic nitrogens is 2. The number of benzene rings is 3. The predicted molar refractivity (Wildman–Crippen MR) is 169 cm³/mol. The number of aryl methyl sites for hydroxylation is 1. The van der Waals surface area contributed by atoms with Gasteiger partial charge in [0.05, 0.1) is 11.7 Å². The third-order valence-corrected chi connectivity index (χ3v) is 8.41. The van der Waals surface area contributed by atoms with Gasteiger partial charge in [0, 0.05) is 37.1 Å². The van der Waals surface area contributed by atoms with Crippen LogP contribution in [0.1, 0.15) is 58.8 Å². The van der Waals surface area contributed by atoms with E-state index in [0.717, 1.165) is 42.4 Å². The van der Waals surface area contributed by atoms with Crippen molar-refractivity contribution in [2.75, 3.05) is 18.4 Å². The second-order valence-electron chi connectivity index (χ2n) is 11.6. The van der Waals surface area contributed by atoms with E-state index in [4.69, 9.17) is 4.74 Å². The molecule has 1 aliphatic heterocycles. The molecule has 0 unspecified atom stereocenters. The molecule has 6 rings (SSSR count). The lowest BCUT2D eigenvalue weighted by Gasteiger charge is -2.36. The van der Waals surface area contributed by atoms with Gasteiger partial charge in [-0.1, -0.05) is 66.7 Å². The van der Waals surface area contributed by atoms with Crippen LogP contribution in [0.15, 0.2) is 96.1 Å². The number of rotatable bonds is 9. The first-order valence-electron chi connectivity index (χ1n) is 15.2. The monoisotopic (exact) mass is 591 g/mol. The van der Waals surface area contributed by atoms with Gasteiger partial charge < -0.3 is 20.3 Å². The van der Waals surface area contributed by atoms with Gasteiger partial charge in [0.2, 0.25) is 0 Å². The summed E-state index contributed by atoms with van der Waals surface area (Å²) in [6.45, 7) is 3.28. The number of piperidine rings is 1. The number of carbonyl (C=O) groups excluding carboxylic acids is 2. The van der Waals surface area contributed by atoms with Gasteiger partial charge in [-0.25, -0.2) is 9.78 Å². The van der Waals surface area contributed by atoms with Crippen molar-refractivity contribution in [3.8, 4) is 5.69 Å². The highest BCUT2D eigenvalue weighted by Gasteiger charge is 2.31. The molecule has 44 heavy (non-hydrogen) atoms. The van der Waals surface area contributed by atoms with Gasteiger partial charge >= 0.3 is 6.09 Å². The lowest BCUT2D eigenvalue weighted by Crippen LogP contribution is -2.41. The Morgan fingerprint density at radius 1 is 0.955 bits per heavy atom. The van der Waals surface area contributed by atoms with Crippen LogP contribution < -0.4 is 16.2 Å². The summed E-state index contributed by atoms with van der Waals surface area (Å²) in [4.78, 5) is 45.6. The zero-order valence-electron chi connectivity index (χ0n) is 24.8. The highest BCUT2D eigenvalue weighted by Crippen LogP contribution is 2.33. The fourth-order valence-corrected chi connectivity index (χ4v) is 5.71. The van der Waals surface area contributed by atoms with Crippen LogP contribution in [0.25, 0.3) is 5.69 Å². The SMILES string of the molecule is Cc1ccc(C(=O)NC2CC2)cc1-n1ccnc(N[C@@H](c2ccccc2)C2CCN(C(=O)OCc3ccccc3)CC2)c1=O. The summed E-state index contributed by atoms with van der Waals surface area (Å²) >= 11 is 0. The quantitative estimate of drug-likeness (QED) is 0.261. The fraction of sp³-hybridized carbons (Fsp3) is 0.314. The Bertz CT molecular complexity index is 1660. The first kappa shape index (κ1) is 29.2. The van der Waals surface area contributed by atoms with E-state index in [9.17, 15) is 14.4 Å². The van der Waals surface area contributed by atoms with Gasteiger partial charge in [0.25, 0.3) is 11.5 Å². The molecule has 1 saturated heterocycles. The Labute approximate surface area is 256 Å². The van der Waals surface area contributed by atoms with Gasteiger partial charge in [-0.3, -0.25) is 14.2 Å². The maximum Gasteiger partial charge on any atom is 0.410 e. The zero-order valence-corrected chi connectivity index (χ0v) is 24.8. The van der Waals surface area contributed by atoms with Crippen molar-refractivity contribution in [3.05, 3.63) is 124 Å². The molecule has 0 radical (unpaired) electrons. The molecule has 2 amide bonds. The van der Waals surface area contributed by atoms with E-state index in [1.54, 1.807) is 34.0 Å². The summed E-state index contributed by atoms with van der Waals surface area (Å²) in [7, 11) is 0. The van der Waals surface area contributed by atoms with Crippen LogP contribution in [0.4, 0.5) is 10.6 Å². The van der Waals surface area contributed by atoms with E-state index < -0.39 is 0 Å². The van der Waals surface area contributed by atoms with Crippen molar-refractivity contribution < 1.29 is 14.3 Å². The number of carbonyl (C=O) groups is 2. The normalized spacial score (nSPS) is 15.8. The number of anilines is 1. The standard InChI is InChI=1S/C35H37N5O4/c1-24-12-13-28(33(41)37-29-14-15-29)22-30(24)40-21-18-36-32(34(40)42)38-31(26-10-6-3-7-11-26)27-16-19-39(20-17-27)35(43)44-23-25-8-4-2-5-9-25/h2-13,18,21-22,27,29,31H,14-17,19-20,23H2,1H3,(H,36,38)(H,37,41)/t31-/m0/s1. The molecule has 2 N–H and O–H groups in total. The van der Waals surface area contributed by atoms with Crippen LogP contribution in [-0.2, 0) is 11.3 Å². The average molecular weight is 592 g/mol. The predicted octanol–water partition coefficient (Wildman–Crippen LogP) is 5.64. The highest BCUT2D eigenvalue weighted by molar-refractivity contribution is 5.95. The van der Waals surface area contributed by atoms with Crippen LogP contribution >= 0.6 is 0 Å². The molecule has 1 atom stereocenters. The third kappa shape index (κ3) is 6.83. The Hall–Kier alpha value is -4.92. The number of nitrogens with one attached hydrogen (secondary N) is 2. The van der Waals surface area contributed by atoms with Crippen LogP contribution in [0.5, 0.6) is 0 Å². The van der Waals surface area contributed by atoms with Crippen molar-refractivity contribution >= 4 is 17.8 Å². The van der Waals surface area contributed by atoms with E-state index in [1.807, 2.05) is 73.7 Å². The topological polar surface area (TPSA) is 106 Å². The molecule has 1 aromatic heterocycles. The number of likely N-dealkylation sites (tertiary alicyclic amines) is 1. The van der Waals surface area contributed by atoms with Gasteiger partial charge in [-0.15, -0.1) is 0 Å². The van der Waals surface area contributed by atoms with E-state index in [2.05, 4.69) is 15.6 Å². The molecular weight excluding hydrogens is 554 g/mol. The van der Waals surface area contributed by atoms with Crippen molar-refractivity contribution in [2.24, 2.45) is 5.92 Å². The number of hydrogen-bond donors (Lipinski definition) is 2. The van der Waals surface area contributed by atoms with E-state index in [0.29, 0.717) is 24.3 Å². The lowest BCUT2D eigenvalue weighted by atomic mass is 9.85. The minimum absolute atomic E-state index is 0.131. The Balaban J connectivity index is 1.19. The summed E-state index contributed by atoms with van der Waals surface area (Å²) in [5, 5.41) is 6.48. The number of nitrogens with zero attached hydrogens (tertiary/aromatic N) is 3. The third-order valence-electron chi connectivity index (χ3n) is 8.41. The molecule has 2 fully saturated rings. The minimum Gasteiger partial charge on any atom is -0.445 e. The minimum atomic E-state index is -0.312. The molecule has 0 bridgehead atoms. The second-order valence-corrected chi connectivity index (χ2v) is 11.6. The summed E-state index contributed by atoms with van der Waals surface area (Å²) in [6, 6.07) is 25.2. The average Bonchev–Trinajstić information content (AvgIpc) is 3.88. The summed E-state index contributed by atoms with van der Waals surface area (Å²) in [5.74, 6) is 0.258. The van der Waals surface area contributed by atoms with Crippen LogP contribution in [-0.4, -0.2) is 45.6 Å². The maximum atomic E-state index is 13.8. The lowest BCUT2D eigenvalue weighted by molar-refractivity contribution is 0.0804. The number of hydrogen-bond acceptors (Lipinski definition) is 6. The molecule has 4 aromatic rings. The number of ether oxygens (including phenoxy) is 1.